The molecule has 82 valence electrons. The zero-order valence-corrected chi connectivity index (χ0v) is 10.5. The van der Waals surface area contributed by atoms with Crippen molar-refractivity contribution in [3.05, 3.63) is 22.8 Å². The third kappa shape index (κ3) is 2.52. The first-order valence-corrected chi connectivity index (χ1v) is 5.74. The lowest BCUT2D eigenvalue weighted by atomic mass is 10.4. The van der Waals surface area contributed by atoms with Crippen molar-refractivity contribution in [3.63, 3.8) is 0 Å². The number of halogens is 1. The highest BCUT2D eigenvalue weighted by Gasteiger charge is 2.01. The van der Waals surface area contributed by atoms with E-state index in [1.165, 1.54) is 0 Å². The molecule has 0 radical (unpaired) electrons. The minimum atomic E-state index is 0.635. The Morgan fingerprint density at radius 3 is 3.19 bits per heavy atom. The summed E-state index contributed by atoms with van der Waals surface area (Å²) in [5, 5.41) is 7.41. The standard InChI is InChI=1S/C11H11BrN4/c1-2-3-4-7-13-11-14-10-6-5-9(12)8-16(10)15-11/h5-6,8H,4,7H2,1H3,(H,13,15). The van der Waals surface area contributed by atoms with Crippen molar-refractivity contribution >= 4 is 27.5 Å². The molecule has 0 spiro atoms. The number of aromatic nitrogens is 3. The fourth-order valence-corrected chi connectivity index (χ4v) is 1.62. The maximum atomic E-state index is 4.32. The van der Waals surface area contributed by atoms with Gasteiger partial charge in [-0.25, -0.2) is 4.52 Å². The fourth-order valence-electron chi connectivity index (χ4n) is 1.29. The van der Waals surface area contributed by atoms with Crippen LogP contribution in [0.4, 0.5) is 5.95 Å². The van der Waals surface area contributed by atoms with Crippen LogP contribution in [0.1, 0.15) is 13.3 Å². The highest BCUT2D eigenvalue weighted by molar-refractivity contribution is 9.10. The minimum absolute atomic E-state index is 0.635. The Bertz CT molecular complexity index is 550. The molecular weight excluding hydrogens is 268 g/mol. The van der Waals surface area contributed by atoms with Crippen LogP contribution in [0.15, 0.2) is 22.8 Å². The molecule has 2 heterocycles. The SMILES string of the molecule is CC#CCCNc1nc2ccc(Br)cn2n1. The van der Waals surface area contributed by atoms with Gasteiger partial charge >= 0.3 is 0 Å². The molecule has 1 N–H and O–H groups in total. The summed E-state index contributed by atoms with van der Waals surface area (Å²) in [5.74, 6) is 6.46. The van der Waals surface area contributed by atoms with Crippen molar-refractivity contribution < 1.29 is 0 Å². The van der Waals surface area contributed by atoms with Crippen LogP contribution in [0.3, 0.4) is 0 Å². The number of hydrogen-bond acceptors (Lipinski definition) is 3. The summed E-state index contributed by atoms with van der Waals surface area (Å²) < 4.78 is 2.71. The van der Waals surface area contributed by atoms with E-state index in [9.17, 15) is 0 Å². The molecule has 0 aliphatic rings. The smallest absolute Gasteiger partial charge is 0.243 e. The van der Waals surface area contributed by atoms with Gasteiger partial charge < -0.3 is 5.32 Å². The van der Waals surface area contributed by atoms with E-state index >= 15 is 0 Å². The lowest BCUT2D eigenvalue weighted by Gasteiger charge is -1.94. The second-order valence-electron chi connectivity index (χ2n) is 3.19. The van der Waals surface area contributed by atoms with Crippen LogP contribution in [-0.4, -0.2) is 21.1 Å². The molecule has 2 aromatic rings. The summed E-state index contributed by atoms with van der Waals surface area (Å²) >= 11 is 3.39. The molecule has 5 heteroatoms. The second kappa shape index (κ2) is 4.99. The lowest BCUT2D eigenvalue weighted by molar-refractivity contribution is 0.944. The van der Waals surface area contributed by atoms with Crippen molar-refractivity contribution in [2.45, 2.75) is 13.3 Å². The van der Waals surface area contributed by atoms with Gasteiger partial charge in [0, 0.05) is 23.6 Å². The second-order valence-corrected chi connectivity index (χ2v) is 4.10. The number of anilines is 1. The van der Waals surface area contributed by atoms with E-state index in [0.29, 0.717) is 5.95 Å². The van der Waals surface area contributed by atoms with E-state index in [1.807, 2.05) is 25.3 Å². The average Bonchev–Trinajstić information content (AvgIpc) is 2.66. The van der Waals surface area contributed by atoms with Crippen molar-refractivity contribution in [1.29, 1.82) is 0 Å². The molecule has 4 nitrogen and oxygen atoms in total. The Labute approximate surface area is 102 Å². The van der Waals surface area contributed by atoms with E-state index < -0.39 is 0 Å². The highest BCUT2D eigenvalue weighted by Crippen LogP contribution is 2.11. The largest absolute Gasteiger partial charge is 0.352 e. The van der Waals surface area contributed by atoms with E-state index in [-0.39, 0.29) is 0 Å². The zero-order chi connectivity index (χ0) is 11.4. The Hall–Kier alpha value is -1.54. The number of nitrogens with zero attached hydrogens (tertiary/aromatic N) is 3. The Kier molecular flexibility index (Phi) is 3.42. The van der Waals surface area contributed by atoms with Crippen LogP contribution in [0.5, 0.6) is 0 Å². The molecule has 0 saturated carbocycles. The first-order chi connectivity index (χ1) is 7.79. The number of nitrogens with one attached hydrogen (secondary N) is 1. The molecule has 0 amide bonds. The molecule has 0 saturated heterocycles. The first kappa shape index (κ1) is 11.0. The average molecular weight is 279 g/mol. The van der Waals surface area contributed by atoms with Crippen molar-refractivity contribution in [3.8, 4) is 11.8 Å². The van der Waals surface area contributed by atoms with Gasteiger partial charge in [-0.2, -0.15) is 4.98 Å². The van der Waals surface area contributed by atoms with Crippen LogP contribution < -0.4 is 5.32 Å². The number of fused-ring (bicyclic) bond motifs is 1. The van der Waals surface area contributed by atoms with Crippen molar-refractivity contribution in [2.24, 2.45) is 0 Å². The Morgan fingerprint density at radius 1 is 1.50 bits per heavy atom. The summed E-state index contributed by atoms with van der Waals surface area (Å²) in [5.41, 5.74) is 0.826. The first-order valence-electron chi connectivity index (χ1n) is 4.95. The Balaban J connectivity index is 2.09. The molecule has 0 unspecified atom stereocenters. The molecule has 0 fully saturated rings. The quantitative estimate of drug-likeness (QED) is 0.692. The van der Waals surface area contributed by atoms with Gasteiger partial charge in [0.05, 0.1) is 0 Å². The van der Waals surface area contributed by atoms with E-state index in [2.05, 4.69) is 43.2 Å². The Morgan fingerprint density at radius 2 is 2.38 bits per heavy atom. The topological polar surface area (TPSA) is 42.2 Å². The van der Waals surface area contributed by atoms with Gasteiger partial charge in [0.2, 0.25) is 5.95 Å². The monoisotopic (exact) mass is 278 g/mol. The fraction of sp³-hybridized carbons (Fsp3) is 0.273. The molecule has 2 rings (SSSR count). The van der Waals surface area contributed by atoms with E-state index in [1.54, 1.807) is 4.52 Å². The molecule has 0 aromatic carbocycles. The molecule has 16 heavy (non-hydrogen) atoms. The van der Waals surface area contributed by atoms with E-state index in [4.69, 9.17) is 0 Å². The molecule has 0 bridgehead atoms. The summed E-state index contributed by atoms with van der Waals surface area (Å²) in [6.07, 6.45) is 2.68. The van der Waals surface area contributed by atoms with Crippen LogP contribution in [0, 0.1) is 11.8 Å². The van der Waals surface area contributed by atoms with Gasteiger partial charge in [-0.3, -0.25) is 0 Å². The van der Waals surface area contributed by atoms with Crippen molar-refractivity contribution in [1.82, 2.24) is 14.6 Å². The van der Waals surface area contributed by atoms with Gasteiger partial charge in [0.1, 0.15) is 0 Å². The summed E-state index contributed by atoms with van der Waals surface area (Å²) in [7, 11) is 0. The molecule has 0 aliphatic carbocycles. The van der Waals surface area contributed by atoms with E-state index in [0.717, 1.165) is 23.1 Å². The van der Waals surface area contributed by atoms with Crippen molar-refractivity contribution in [2.75, 3.05) is 11.9 Å². The van der Waals surface area contributed by atoms with Gasteiger partial charge in [0.25, 0.3) is 0 Å². The van der Waals surface area contributed by atoms with Crippen LogP contribution in [-0.2, 0) is 0 Å². The van der Waals surface area contributed by atoms with Crippen LogP contribution >= 0.6 is 15.9 Å². The molecular formula is C11H11BrN4. The number of pyridine rings is 1. The molecule has 0 aliphatic heterocycles. The predicted octanol–water partition coefficient (Wildman–Crippen LogP) is 2.32. The minimum Gasteiger partial charge on any atom is -0.352 e. The van der Waals surface area contributed by atoms with Crippen LogP contribution in [0.25, 0.3) is 5.65 Å². The number of hydrogen-bond donors (Lipinski definition) is 1. The van der Waals surface area contributed by atoms with Gasteiger partial charge in [0.15, 0.2) is 5.65 Å². The van der Waals surface area contributed by atoms with Gasteiger partial charge in [-0.15, -0.1) is 16.9 Å². The van der Waals surface area contributed by atoms with Crippen LogP contribution in [0.2, 0.25) is 0 Å². The predicted molar refractivity (Wildman–Crippen MR) is 67.2 cm³/mol. The summed E-state index contributed by atoms with van der Waals surface area (Å²) in [6, 6.07) is 3.85. The normalized spacial score (nSPS) is 9.88. The molecule has 0 atom stereocenters. The maximum Gasteiger partial charge on any atom is 0.243 e. The third-order valence-electron chi connectivity index (χ3n) is 2.00. The molecule has 2 aromatic heterocycles. The number of rotatable bonds is 3. The highest BCUT2D eigenvalue weighted by atomic mass is 79.9. The third-order valence-corrected chi connectivity index (χ3v) is 2.47. The summed E-state index contributed by atoms with van der Waals surface area (Å²) in [4.78, 5) is 4.32. The van der Waals surface area contributed by atoms with Gasteiger partial charge in [-0.05, 0) is 35.0 Å². The zero-order valence-electron chi connectivity index (χ0n) is 8.87. The lowest BCUT2D eigenvalue weighted by Crippen LogP contribution is -2.02. The van der Waals surface area contributed by atoms with Gasteiger partial charge in [-0.1, -0.05) is 0 Å². The summed E-state index contributed by atoms with van der Waals surface area (Å²) in [6.45, 7) is 2.60. The maximum absolute atomic E-state index is 4.32.